The van der Waals surface area contributed by atoms with Crippen LogP contribution in [0.4, 0.5) is 5.69 Å². The zero-order valence-electron chi connectivity index (χ0n) is 15.5. The summed E-state index contributed by atoms with van der Waals surface area (Å²) in [7, 11) is 1.81. The molecule has 0 atom stereocenters. The number of unbranched alkanes of at least 4 members (excludes halogenated alkanes) is 1. The highest BCUT2D eigenvalue weighted by Crippen LogP contribution is 2.21. The maximum Gasteiger partial charge on any atom is 0.224 e. The van der Waals surface area contributed by atoms with Crippen molar-refractivity contribution >= 4 is 17.5 Å². The lowest BCUT2D eigenvalue weighted by Crippen LogP contribution is -2.35. The number of nitrogens with zero attached hydrogens (tertiary/aromatic N) is 2. The first-order chi connectivity index (χ1) is 11.3. The van der Waals surface area contributed by atoms with E-state index < -0.39 is 0 Å². The first kappa shape index (κ1) is 20.0. The highest BCUT2D eigenvalue weighted by atomic mass is 16.5. The number of carbonyl (C=O) groups excluding carboxylic acids is 2. The molecule has 24 heavy (non-hydrogen) atoms. The van der Waals surface area contributed by atoms with Crippen LogP contribution in [0.2, 0.25) is 0 Å². The zero-order valence-corrected chi connectivity index (χ0v) is 15.5. The van der Waals surface area contributed by atoms with Crippen molar-refractivity contribution in [2.24, 2.45) is 0 Å². The summed E-state index contributed by atoms with van der Waals surface area (Å²) in [6, 6.07) is 7.40. The molecule has 0 spiro atoms. The molecule has 0 heterocycles. The molecule has 0 aromatic heterocycles. The number of rotatable bonds is 9. The van der Waals surface area contributed by atoms with Crippen molar-refractivity contribution in [2.45, 2.75) is 53.1 Å². The quantitative estimate of drug-likeness (QED) is 0.695. The lowest BCUT2D eigenvalue weighted by atomic mass is 10.2. The lowest BCUT2D eigenvalue weighted by molar-refractivity contribution is -0.129. The molecule has 1 rings (SSSR count). The number of carbonyl (C=O) groups is 2. The van der Waals surface area contributed by atoms with E-state index in [0.29, 0.717) is 13.0 Å². The van der Waals surface area contributed by atoms with Crippen LogP contribution in [0.25, 0.3) is 0 Å². The number of benzene rings is 1. The summed E-state index contributed by atoms with van der Waals surface area (Å²) in [6.07, 6.45) is 2.48. The van der Waals surface area contributed by atoms with Gasteiger partial charge < -0.3 is 14.5 Å². The Morgan fingerprint density at radius 2 is 1.75 bits per heavy atom. The van der Waals surface area contributed by atoms with Gasteiger partial charge in [0.1, 0.15) is 5.75 Å². The van der Waals surface area contributed by atoms with Crippen molar-refractivity contribution in [2.75, 3.05) is 25.0 Å². The molecule has 0 unspecified atom stereocenters. The molecular formula is C19H30N2O3. The van der Waals surface area contributed by atoms with Crippen molar-refractivity contribution in [3.8, 4) is 5.75 Å². The van der Waals surface area contributed by atoms with Gasteiger partial charge in [0.25, 0.3) is 0 Å². The molecule has 1 aromatic carbocycles. The van der Waals surface area contributed by atoms with E-state index in [2.05, 4.69) is 6.92 Å². The third kappa shape index (κ3) is 6.60. The van der Waals surface area contributed by atoms with E-state index in [-0.39, 0.29) is 17.9 Å². The van der Waals surface area contributed by atoms with Gasteiger partial charge in [0.2, 0.25) is 11.8 Å². The molecule has 0 fully saturated rings. The summed E-state index contributed by atoms with van der Waals surface area (Å²) in [5.41, 5.74) is 0.780. The Morgan fingerprint density at radius 3 is 2.25 bits per heavy atom. The average molecular weight is 334 g/mol. The fourth-order valence-corrected chi connectivity index (χ4v) is 2.36. The molecule has 0 saturated carbocycles. The Morgan fingerprint density at radius 1 is 1.12 bits per heavy atom. The van der Waals surface area contributed by atoms with E-state index in [9.17, 15) is 9.59 Å². The van der Waals surface area contributed by atoms with Gasteiger partial charge in [0.15, 0.2) is 0 Å². The molecule has 0 aliphatic carbocycles. The second-order valence-corrected chi connectivity index (χ2v) is 6.25. The Bertz CT molecular complexity index is 526. The molecule has 5 nitrogen and oxygen atoms in total. The van der Waals surface area contributed by atoms with E-state index in [1.54, 1.807) is 9.80 Å². The molecule has 0 bridgehead atoms. The van der Waals surface area contributed by atoms with Gasteiger partial charge in [-0.15, -0.1) is 0 Å². The highest BCUT2D eigenvalue weighted by molar-refractivity contribution is 5.92. The minimum absolute atomic E-state index is 0.0643. The molecule has 1 aromatic rings. The normalized spacial score (nSPS) is 10.6. The van der Waals surface area contributed by atoms with Crippen molar-refractivity contribution in [1.82, 2.24) is 4.90 Å². The summed E-state index contributed by atoms with van der Waals surface area (Å²) in [6.45, 7) is 8.70. The van der Waals surface area contributed by atoms with E-state index in [1.165, 1.54) is 6.92 Å². The summed E-state index contributed by atoms with van der Waals surface area (Å²) in [5.74, 6) is 0.763. The van der Waals surface area contributed by atoms with Gasteiger partial charge in [-0.2, -0.15) is 0 Å². The van der Waals surface area contributed by atoms with Gasteiger partial charge in [0, 0.05) is 39.2 Å². The van der Waals surface area contributed by atoms with Crippen LogP contribution in [-0.4, -0.2) is 43.0 Å². The fourth-order valence-electron chi connectivity index (χ4n) is 2.36. The lowest BCUT2D eigenvalue weighted by Gasteiger charge is -2.23. The Balaban J connectivity index is 2.67. The van der Waals surface area contributed by atoms with Crippen LogP contribution >= 0.6 is 0 Å². The standard InChI is InChI=1S/C19H30N2O3/c1-6-7-13-20(5)19(23)12-14-21(16(4)22)17-8-10-18(11-9-17)24-15(2)3/h8-11,15H,6-7,12-14H2,1-5H3. The molecular weight excluding hydrogens is 304 g/mol. The highest BCUT2D eigenvalue weighted by Gasteiger charge is 2.15. The molecule has 0 N–H and O–H groups in total. The first-order valence-corrected chi connectivity index (χ1v) is 8.64. The predicted molar refractivity (Wildman–Crippen MR) is 97.4 cm³/mol. The Hall–Kier alpha value is -2.04. The summed E-state index contributed by atoms with van der Waals surface area (Å²) >= 11 is 0. The van der Waals surface area contributed by atoms with Crippen LogP contribution in [0, 0.1) is 0 Å². The van der Waals surface area contributed by atoms with Gasteiger partial charge in [0.05, 0.1) is 6.10 Å². The SMILES string of the molecule is CCCCN(C)C(=O)CCN(C(C)=O)c1ccc(OC(C)C)cc1. The third-order valence-corrected chi connectivity index (χ3v) is 3.72. The second kappa shape index (κ2) is 9.96. The van der Waals surface area contributed by atoms with Crippen LogP contribution in [-0.2, 0) is 9.59 Å². The van der Waals surface area contributed by atoms with E-state index in [1.807, 2.05) is 45.2 Å². The molecule has 0 saturated heterocycles. The van der Waals surface area contributed by atoms with Crippen LogP contribution in [0.3, 0.4) is 0 Å². The van der Waals surface area contributed by atoms with Crippen LogP contribution < -0.4 is 9.64 Å². The zero-order chi connectivity index (χ0) is 18.1. The molecule has 0 aliphatic rings. The van der Waals surface area contributed by atoms with Crippen molar-refractivity contribution in [1.29, 1.82) is 0 Å². The number of hydrogen-bond donors (Lipinski definition) is 0. The minimum Gasteiger partial charge on any atom is -0.491 e. The van der Waals surface area contributed by atoms with Gasteiger partial charge in [-0.1, -0.05) is 13.3 Å². The smallest absolute Gasteiger partial charge is 0.224 e. The average Bonchev–Trinajstić information content (AvgIpc) is 2.53. The molecule has 5 heteroatoms. The van der Waals surface area contributed by atoms with Crippen molar-refractivity contribution in [3.63, 3.8) is 0 Å². The largest absolute Gasteiger partial charge is 0.491 e. The summed E-state index contributed by atoms with van der Waals surface area (Å²) < 4.78 is 5.61. The van der Waals surface area contributed by atoms with Crippen LogP contribution in [0.1, 0.15) is 47.0 Å². The van der Waals surface area contributed by atoms with E-state index >= 15 is 0 Å². The maximum absolute atomic E-state index is 12.2. The molecule has 0 aliphatic heterocycles. The predicted octanol–water partition coefficient (Wildman–Crippen LogP) is 3.48. The van der Waals surface area contributed by atoms with Crippen LogP contribution in [0.5, 0.6) is 5.75 Å². The Kier molecular flexibility index (Phi) is 8.30. The minimum atomic E-state index is -0.0726. The molecule has 134 valence electrons. The van der Waals surface area contributed by atoms with E-state index in [4.69, 9.17) is 4.74 Å². The maximum atomic E-state index is 12.2. The Labute approximate surface area is 145 Å². The van der Waals surface area contributed by atoms with Gasteiger partial charge in [-0.3, -0.25) is 9.59 Å². The summed E-state index contributed by atoms with van der Waals surface area (Å²) in [5, 5.41) is 0. The topological polar surface area (TPSA) is 49.9 Å². The van der Waals surface area contributed by atoms with Crippen LogP contribution in [0.15, 0.2) is 24.3 Å². The van der Waals surface area contributed by atoms with Gasteiger partial charge in [-0.25, -0.2) is 0 Å². The summed E-state index contributed by atoms with van der Waals surface area (Å²) in [4.78, 5) is 27.4. The number of ether oxygens (including phenoxy) is 1. The number of hydrogen-bond acceptors (Lipinski definition) is 3. The second-order valence-electron chi connectivity index (χ2n) is 6.25. The van der Waals surface area contributed by atoms with Crippen molar-refractivity contribution < 1.29 is 14.3 Å². The van der Waals surface area contributed by atoms with Gasteiger partial charge >= 0.3 is 0 Å². The monoisotopic (exact) mass is 334 g/mol. The first-order valence-electron chi connectivity index (χ1n) is 8.64. The molecule has 0 radical (unpaired) electrons. The van der Waals surface area contributed by atoms with Crippen molar-refractivity contribution in [3.05, 3.63) is 24.3 Å². The molecule has 2 amide bonds. The third-order valence-electron chi connectivity index (χ3n) is 3.72. The van der Waals surface area contributed by atoms with Gasteiger partial charge in [-0.05, 0) is 44.5 Å². The fraction of sp³-hybridized carbons (Fsp3) is 0.579. The van der Waals surface area contributed by atoms with E-state index in [0.717, 1.165) is 30.8 Å². The number of anilines is 1. The number of amides is 2.